The van der Waals surface area contributed by atoms with E-state index in [-0.39, 0.29) is 10.9 Å². The average molecular weight is 293 g/mol. The summed E-state index contributed by atoms with van der Waals surface area (Å²) in [5.41, 5.74) is 0.368. The van der Waals surface area contributed by atoms with Crippen LogP contribution in [0.5, 0.6) is 0 Å². The molecule has 1 aliphatic rings. The highest BCUT2D eigenvalue weighted by molar-refractivity contribution is 7.89. The van der Waals surface area contributed by atoms with Crippen LogP contribution in [0.15, 0.2) is 29.2 Å². The zero-order valence-corrected chi connectivity index (χ0v) is 12.4. The number of benzene rings is 1. The fourth-order valence-corrected chi connectivity index (χ4v) is 4.26. The summed E-state index contributed by atoms with van der Waals surface area (Å²) in [5, 5.41) is 12.1. The van der Waals surface area contributed by atoms with Gasteiger partial charge >= 0.3 is 0 Å². The second kappa shape index (κ2) is 6.35. The summed E-state index contributed by atoms with van der Waals surface area (Å²) in [5.74, 6) is 0. The van der Waals surface area contributed by atoms with Gasteiger partial charge in [-0.2, -0.15) is 9.57 Å². The lowest BCUT2D eigenvalue weighted by Gasteiger charge is -2.27. The molecule has 0 aromatic heterocycles. The van der Waals surface area contributed by atoms with Gasteiger partial charge in [-0.3, -0.25) is 0 Å². The van der Waals surface area contributed by atoms with Crippen molar-refractivity contribution in [3.05, 3.63) is 29.8 Å². The van der Waals surface area contributed by atoms with Crippen molar-refractivity contribution in [3.63, 3.8) is 0 Å². The molecule has 108 valence electrons. The van der Waals surface area contributed by atoms with Crippen LogP contribution in [0.1, 0.15) is 25.3 Å². The Bertz CT molecular complexity index is 601. The Balaban J connectivity index is 2.36. The first-order valence-corrected chi connectivity index (χ1v) is 8.26. The van der Waals surface area contributed by atoms with Gasteiger partial charge in [0.05, 0.1) is 16.5 Å². The molecular formula is C14H19N3O2S. The van der Waals surface area contributed by atoms with Crippen molar-refractivity contribution >= 4 is 10.0 Å². The second-order valence-electron chi connectivity index (χ2n) is 4.90. The van der Waals surface area contributed by atoms with E-state index < -0.39 is 10.0 Å². The predicted molar refractivity (Wildman–Crippen MR) is 76.6 cm³/mol. The van der Waals surface area contributed by atoms with Gasteiger partial charge in [-0.15, -0.1) is 0 Å². The molecule has 0 radical (unpaired) electrons. The Morgan fingerprint density at radius 2 is 2.30 bits per heavy atom. The van der Waals surface area contributed by atoms with Gasteiger partial charge in [0.25, 0.3) is 0 Å². The van der Waals surface area contributed by atoms with Crippen LogP contribution in [-0.4, -0.2) is 38.4 Å². The largest absolute Gasteiger partial charge is 0.315 e. The van der Waals surface area contributed by atoms with E-state index in [0.29, 0.717) is 18.7 Å². The minimum Gasteiger partial charge on any atom is -0.315 e. The predicted octanol–water partition coefficient (Wildman–Crippen LogP) is 1.32. The van der Waals surface area contributed by atoms with Gasteiger partial charge in [-0.25, -0.2) is 8.42 Å². The summed E-state index contributed by atoms with van der Waals surface area (Å²) in [7, 11) is -3.54. The van der Waals surface area contributed by atoms with E-state index in [1.165, 1.54) is 6.07 Å². The first-order valence-electron chi connectivity index (χ1n) is 6.82. The molecule has 0 amide bonds. The highest BCUT2D eigenvalue weighted by Crippen LogP contribution is 2.22. The van der Waals surface area contributed by atoms with Gasteiger partial charge in [0.1, 0.15) is 0 Å². The third kappa shape index (κ3) is 3.01. The molecule has 0 spiro atoms. The maximum atomic E-state index is 12.8. The van der Waals surface area contributed by atoms with Crippen molar-refractivity contribution in [1.82, 2.24) is 9.62 Å². The number of nitrogens with zero attached hydrogens (tertiary/aromatic N) is 2. The molecule has 0 bridgehead atoms. The number of hydrogen-bond donors (Lipinski definition) is 1. The first-order chi connectivity index (χ1) is 9.59. The molecule has 1 aromatic rings. The molecule has 2 rings (SSSR count). The summed E-state index contributed by atoms with van der Waals surface area (Å²) >= 11 is 0. The number of hydrogen-bond acceptors (Lipinski definition) is 4. The zero-order valence-electron chi connectivity index (χ0n) is 11.5. The summed E-state index contributed by atoms with van der Waals surface area (Å²) in [4.78, 5) is 0.205. The number of nitriles is 1. The van der Waals surface area contributed by atoms with Crippen molar-refractivity contribution in [2.45, 2.75) is 30.7 Å². The zero-order chi connectivity index (χ0) is 14.6. The molecule has 1 atom stereocenters. The smallest absolute Gasteiger partial charge is 0.243 e. The third-order valence-corrected chi connectivity index (χ3v) is 5.40. The van der Waals surface area contributed by atoms with Crippen LogP contribution in [0.2, 0.25) is 0 Å². The Kier molecular flexibility index (Phi) is 4.76. The summed E-state index contributed by atoms with van der Waals surface area (Å²) in [6, 6.07) is 8.22. The van der Waals surface area contributed by atoms with Crippen LogP contribution >= 0.6 is 0 Å². The lowest BCUT2D eigenvalue weighted by molar-refractivity contribution is 0.335. The second-order valence-corrected chi connectivity index (χ2v) is 6.79. The number of nitrogens with one attached hydrogen (secondary N) is 1. The highest BCUT2D eigenvalue weighted by Gasteiger charge is 2.32. The first kappa shape index (κ1) is 15.0. The van der Waals surface area contributed by atoms with Crippen molar-refractivity contribution in [1.29, 1.82) is 5.26 Å². The molecule has 0 aliphatic carbocycles. The molecule has 0 unspecified atom stereocenters. The van der Waals surface area contributed by atoms with E-state index in [4.69, 9.17) is 5.26 Å². The fraction of sp³-hybridized carbons (Fsp3) is 0.500. The van der Waals surface area contributed by atoms with Crippen LogP contribution in [0.4, 0.5) is 0 Å². The number of rotatable bonds is 5. The Morgan fingerprint density at radius 1 is 1.50 bits per heavy atom. The van der Waals surface area contributed by atoms with E-state index in [1.54, 1.807) is 22.5 Å². The van der Waals surface area contributed by atoms with Crippen molar-refractivity contribution in [2.24, 2.45) is 0 Å². The van der Waals surface area contributed by atoms with Gasteiger partial charge in [-0.1, -0.05) is 13.0 Å². The SMILES string of the molecule is CCCN([C@H]1CCNC1)S(=O)(=O)c1cccc(C#N)c1. The van der Waals surface area contributed by atoms with Gasteiger partial charge in [0, 0.05) is 19.1 Å². The van der Waals surface area contributed by atoms with Crippen molar-refractivity contribution in [3.8, 4) is 6.07 Å². The maximum Gasteiger partial charge on any atom is 0.243 e. The van der Waals surface area contributed by atoms with Crippen LogP contribution < -0.4 is 5.32 Å². The normalized spacial score (nSPS) is 19.1. The van der Waals surface area contributed by atoms with Gasteiger partial charge < -0.3 is 5.32 Å². The Morgan fingerprint density at radius 3 is 2.90 bits per heavy atom. The minimum absolute atomic E-state index is 0.00527. The van der Waals surface area contributed by atoms with Crippen LogP contribution in [-0.2, 0) is 10.0 Å². The summed E-state index contributed by atoms with van der Waals surface area (Å²) < 4.78 is 27.1. The monoisotopic (exact) mass is 293 g/mol. The quantitative estimate of drug-likeness (QED) is 0.888. The average Bonchev–Trinajstić information content (AvgIpc) is 2.98. The van der Waals surface area contributed by atoms with Gasteiger partial charge in [0.2, 0.25) is 10.0 Å². The molecule has 1 aromatic carbocycles. The Hall–Kier alpha value is -1.42. The van der Waals surface area contributed by atoms with Gasteiger partial charge in [-0.05, 0) is 37.6 Å². The molecule has 0 saturated carbocycles. The standard InChI is InChI=1S/C14H19N3O2S/c1-2-8-17(13-6-7-16-11-13)20(18,19)14-5-3-4-12(9-14)10-15/h3-5,9,13,16H,2,6-8,11H2,1H3/t13-/m0/s1. The van der Waals surface area contributed by atoms with Crippen LogP contribution in [0, 0.1) is 11.3 Å². The highest BCUT2D eigenvalue weighted by atomic mass is 32.2. The fourth-order valence-electron chi connectivity index (χ4n) is 2.47. The summed E-state index contributed by atoms with van der Waals surface area (Å²) in [6.07, 6.45) is 1.60. The van der Waals surface area contributed by atoms with E-state index in [9.17, 15) is 8.42 Å². The van der Waals surface area contributed by atoms with Crippen molar-refractivity contribution < 1.29 is 8.42 Å². The molecule has 1 heterocycles. The lowest BCUT2D eigenvalue weighted by Crippen LogP contribution is -2.42. The van der Waals surface area contributed by atoms with E-state index in [2.05, 4.69) is 5.32 Å². The van der Waals surface area contributed by atoms with Crippen molar-refractivity contribution in [2.75, 3.05) is 19.6 Å². The Labute approximate surface area is 120 Å². The molecule has 1 aliphatic heterocycles. The van der Waals surface area contributed by atoms with Gasteiger partial charge in [0.15, 0.2) is 0 Å². The van der Waals surface area contributed by atoms with E-state index >= 15 is 0 Å². The number of sulfonamides is 1. The molecular weight excluding hydrogens is 274 g/mol. The minimum atomic E-state index is -3.54. The molecule has 6 heteroatoms. The van der Waals surface area contributed by atoms with Crippen LogP contribution in [0.3, 0.4) is 0 Å². The molecule has 1 saturated heterocycles. The van der Waals surface area contributed by atoms with E-state index in [1.807, 2.05) is 13.0 Å². The molecule has 1 fully saturated rings. The third-order valence-electron chi connectivity index (χ3n) is 3.46. The van der Waals surface area contributed by atoms with E-state index in [0.717, 1.165) is 19.4 Å². The topological polar surface area (TPSA) is 73.2 Å². The lowest BCUT2D eigenvalue weighted by atomic mass is 10.2. The molecule has 1 N–H and O–H groups in total. The molecule has 5 nitrogen and oxygen atoms in total. The summed E-state index contributed by atoms with van der Waals surface area (Å²) in [6.45, 7) is 4.01. The maximum absolute atomic E-state index is 12.8. The van der Waals surface area contributed by atoms with Crippen LogP contribution in [0.25, 0.3) is 0 Å². The molecule has 20 heavy (non-hydrogen) atoms.